The molecule has 1 amide bonds. The van der Waals surface area contributed by atoms with Crippen molar-refractivity contribution in [3.05, 3.63) is 23.5 Å². The van der Waals surface area contributed by atoms with Gasteiger partial charge in [0.2, 0.25) is 0 Å². The number of piperazine rings is 1. The summed E-state index contributed by atoms with van der Waals surface area (Å²) in [6.07, 6.45) is 3.63. The van der Waals surface area contributed by atoms with Gasteiger partial charge in [-0.05, 0) is 12.5 Å². The molecule has 5 heteroatoms. The Bertz CT molecular complexity index is 331. The third kappa shape index (κ3) is 2.52. The molecule has 1 aliphatic rings. The van der Waals surface area contributed by atoms with Crippen molar-refractivity contribution < 1.29 is 4.79 Å². The second-order valence-electron chi connectivity index (χ2n) is 3.59. The molecule has 2 rings (SSSR count). The number of halogens is 1. The van der Waals surface area contributed by atoms with Gasteiger partial charge < -0.3 is 15.2 Å². The Morgan fingerprint density at radius 3 is 2.53 bits per heavy atom. The minimum Gasteiger partial charge on any atom is -0.367 e. The summed E-state index contributed by atoms with van der Waals surface area (Å²) >= 11 is 0. The Morgan fingerprint density at radius 2 is 2.00 bits per heavy atom. The maximum atomic E-state index is 12.0. The Morgan fingerprint density at radius 1 is 1.33 bits per heavy atom. The fourth-order valence-electron chi connectivity index (χ4n) is 1.71. The normalized spacial score (nSPS) is 15.9. The third-order valence-corrected chi connectivity index (χ3v) is 2.59. The summed E-state index contributed by atoms with van der Waals surface area (Å²) in [4.78, 5) is 16.8. The van der Waals surface area contributed by atoms with Crippen LogP contribution in [0.3, 0.4) is 0 Å². The molecule has 2 heterocycles. The van der Waals surface area contributed by atoms with E-state index in [1.165, 1.54) is 0 Å². The second kappa shape index (κ2) is 5.19. The first kappa shape index (κ1) is 12.1. The number of carbonyl (C=O) groups is 1. The first-order valence-electron chi connectivity index (χ1n) is 4.92. The zero-order valence-corrected chi connectivity index (χ0v) is 9.56. The maximum Gasteiger partial charge on any atom is 0.255 e. The Balaban J connectivity index is 0.00000112. The molecule has 0 aliphatic carbocycles. The summed E-state index contributed by atoms with van der Waals surface area (Å²) in [7, 11) is 0. The largest absolute Gasteiger partial charge is 0.367 e. The topological polar surface area (TPSA) is 48.1 Å². The quantitative estimate of drug-likeness (QED) is 0.748. The van der Waals surface area contributed by atoms with E-state index in [0.717, 1.165) is 37.3 Å². The molecule has 0 bridgehead atoms. The highest BCUT2D eigenvalue weighted by Crippen LogP contribution is 2.10. The molecule has 1 aliphatic heterocycles. The molecule has 1 fully saturated rings. The number of carbonyl (C=O) groups excluding carboxylic acids is 1. The monoisotopic (exact) mass is 229 g/mol. The summed E-state index contributed by atoms with van der Waals surface area (Å²) in [5.74, 6) is 0.144. The van der Waals surface area contributed by atoms with E-state index in [9.17, 15) is 4.79 Å². The molecule has 1 aromatic heterocycles. The number of nitrogens with zero attached hydrogens (tertiary/aromatic N) is 1. The van der Waals surface area contributed by atoms with Gasteiger partial charge in [0.25, 0.3) is 5.91 Å². The summed E-state index contributed by atoms with van der Waals surface area (Å²) in [5, 5.41) is 3.23. The van der Waals surface area contributed by atoms with Crippen molar-refractivity contribution in [3.63, 3.8) is 0 Å². The number of aromatic amines is 1. The SMILES string of the molecule is Cc1c[nH]cc1C(=O)N1CCNCC1.Cl. The molecule has 1 aromatic rings. The minimum atomic E-state index is 0. The highest BCUT2D eigenvalue weighted by Gasteiger charge is 2.19. The van der Waals surface area contributed by atoms with Crippen LogP contribution in [0.25, 0.3) is 0 Å². The number of rotatable bonds is 1. The van der Waals surface area contributed by atoms with Crippen LogP contribution in [-0.2, 0) is 0 Å². The van der Waals surface area contributed by atoms with E-state index in [1.807, 2.05) is 18.0 Å². The molecule has 0 aromatic carbocycles. The number of aromatic nitrogens is 1. The van der Waals surface area contributed by atoms with E-state index in [4.69, 9.17) is 0 Å². The summed E-state index contributed by atoms with van der Waals surface area (Å²) in [5.41, 5.74) is 1.82. The van der Waals surface area contributed by atoms with E-state index in [-0.39, 0.29) is 18.3 Å². The van der Waals surface area contributed by atoms with Crippen molar-refractivity contribution in [1.29, 1.82) is 0 Å². The van der Waals surface area contributed by atoms with Gasteiger partial charge in [0.05, 0.1) is 5.56 Å². The van der Waals surface area contributed by atoms with Gasteiger partial charge in [-0.3, -0.25) is 4.79 Å². The molecular formula is C10H16ClN3O. The lowest BCUT2D eigenvalue weighted by atomic mass is 10.2. The van der Waals surface area contributed by atoms with Gasteiger partial charge in [-0.2, -0.15) is 0 Å². The van der Waals surface area contributed by atoms with Crippen LogP contribution in [-0.4, -0.2) is 42.0 Å². The lowest BCUT2D eigenvalue weighted by Crippen LogP contribution is -2.46. The summed E-state index contributed by atoms with van der Waals surface area (Å²) in [6.45, 7) is 5.36. The number of hydrogen-bond donors (Lipinski definition) is 2. The molecule has 2 N–H and O–H groups in total. The number of aryl methyl sites for hydroxylation is 1. The molecule has 4 nitrogen and oxygen atoms in total. The van der Waals surface area contributed by atoms with Crippen LogP contribution in [0.1, 0.15) is 15.9 Å². The lowest BCUT2D eigenvalue weighted by molar-refractivity contribution is 0.0735. The Labute approximate surface area is 95.4 Å². The highest BCUT2D eigenvalue weighted by atomic mass is 35.5. The predicted molar refractivity (Wildman–Crippen MR) is 61.6 cm³/mol. The molecule has 0 spiro atoms. The first-order valence-corrected chi connectivity index (χ1v) is 4.92. The molecule has 84 valence electrons. The van der Waals surface area contributed by atoms with Gasteiger partial charge in [-0.1, -0.05) is 0 Å². The standard InChI is InChI=1S/C10H15N3O.ClH/c1-8-6-12-7-9(8)10(14)13-4-2-11-3-5-13;/h6-7,11-12H,2-5H2,1H3;1H. The van der Waals surface area contributed by atoms with Crippen LogP contribution in [0.15, 0.2) is 12.4 Å². The number of nitrogens with one attached hydrogen (secondary N) is 2. The van der Waals surface area contributed by atoms with Gasteiger partial charge in [0, 0.05) is 38.6 Å². The lowest BCUT2D eigenvalue weighted by Gasteiger charge is -2.27. The number of hydrogen-bond acceptors (Lipinski definition) is 2. The molecule has 0 unspecified atom stereocenters. The molecule has 1 saturated heterocycles. The smallest absolute Gasteiger partial charge is 0.255 e. The number of H-pyrrole nitrogens is 1. The van der Waals surface area contributed by atoms with Gasteiger partial charge in [0.1, 0.15) is 0 Å². The van der Waals surface area contributed by atoms with E-state index in [1.54, 1.807) is 6.20 Å². The van der Waals surface area contributed by atoms with Crippen LogP contribution in [0.2, 0.25) is 0 Å². The van der Waals surface area contributed by atoms with Crippen molar-refractivity contribution in [2.24, 2.45) is 0 Å². The van der Waals surface area contributed by atoms with Gasteiger partial charge >= 0.3 is 0 Å². The van der Waals surface area contributed by atoms with Crippen molar-refractivity contribution in [2.45, 2.75) is 6.92 Å². The fourth-order valence-corrected chi connectivity index (χ4v) is 1.71. The average molecular weight is 230 g/mol. The van der Waals surface area contributed by atoms with Crippen molar-refractivity contribution in [3.8, 4) is 0 Å². The zero-order chi connectivity index (χ0) is 9.97. The predicted octanol–water partition coefficient (Wildman–Crippen LogP) is 0.790. The Kier molecular flexibility index (Phi) is 4.17. The van der Waals surface area contributed by atoms with Crippen molar-refractivity contribution in [1.82, 2.24) is 15.2 Å². The van der Waals surface area contributed by atoms with E-state index >= 15 is 0 Å². The Hall–Kier alpha value is -1.00. The average Bonchev–Trinajstić information content (AvgIpc) is 2.65. The van der Waals surface area contributed by atoms with Crippen LogP contribution in [0.5, 0.6) is 0 Å². The third-order valence-electron chi connectivity index (χ3n) is 2.59. The highest BCUT2D eigenvalue weighted by molar-refractivity contribution is 5.95. The molecular weight excluding hydrogens is 214 g/mol. The van der Waals surface area contributed by atoms with Crippen LogP contribution in [0, 0.1) is 6.92 Å². The summed E-state index contributed by atoms with van der Waals surface area (Å²) in [6, 6.07) is 0. The molecule has 0 atom stereocenters. The maximum absolute atomic E-state index is 12.0. The van der Waals surface area contributed by atoms with Crippen LogP contribution >= 0.6 is 12.4 Å². The van der Waals surface area contributed by atoms with E-state index in [0.29, 0.717) is 0 Å². The van der Waals surface area contributed by atoms with Crippen molar-refractivity contribution >= 4 is 18.3 Å². The van der Waals surface area contributed by atoms with Crippen LogP contribution < -0.4 is 5.32 Å². The zero-order valence-electron chi connectivity index (χ0n) is 8.75. The van der Waals surface area contributed by atoms with Gasteiger partial charge in [-0.25, -0.2) is 0 Å². The van der Waals surface area contributed by atoms with Gasteiger partial charge in [0.15, 0.2) is 0 Å². The molecule has 0 radical (unpaired) electrons. The van der Waals surface area contributed by atoms with Gasteiger partial charge in [-0.15, -0.1) is 12.4 Å². The second-order valence-corrected chi connectivity index (χ2v) is 3.59. The molecule has 15 heavy (non-hydrogen) atoms. The fraction of sp³-hybridized carbons (Fsp3) is 0.500. The summed E-state index contributed by atoms with van der Waals surface area (Å²) < 4.78 is 0. The van der Waals surface area contributed by atoms with E-state index < -0.39 is 0 Å². The minimum absolute atomic E-state index is 0. The number of amides is 1. The molecule has 0 saturated carbocycles. The van der Waals surface area contributed by atoms with Crippen LogP contribution in [0.4, 0.5) is 0 Å². The van der Waals surface area contributed by atoms with E-state index in [2.05, 4.69) is 10.3 Å². The van der Waals surface area contributed by atoms with Crippen molar-refractivity contribution in [2.75, 3.05) is 26.2 Å². The first-order chi connectivity index (χ1) is 6.79.